The van der Waals surface area contributed by atoms with Crippen molar-refractivity contribution in [2.45, 2.75) is 19.9 Å². The number of carbonyl (C=O) groups excluding carboxylic acids is 2. The number of para-hydroxylation sites is 1. The van der Waals surface area contributed by atoms with Crippen LogP contribution in [-0.4, -0.2) is 31.4 Å². The van der Waals surface area contributed by atoms with Crippen LogP contribution in [0, 0.1) is 0 Å². The molecule has 0 aliphatic rings. The van der Waals surface area contributed by atoms with Crippen LogP contribution in [0.25, 0.3) is 27.0 Å². The standard InChI is InChI=1S/C26H22N6O3S/c1-2-14-31-26(35)19-12-7-6-11-18(19)23(30-31)25(34)28-27-24(33)20-16-32(17-9-4-3-5-10-17)29-22(20)21-13-8-15-36-21/h3-13,15-16H,2,14H2,1H3,(H,27,33)(H,28,34). The van der Waals surface area contributed by atoms with Crippen LogP contribution in [-0.2, 0) is 6.54 Å². The molecule has 2 aromatic carbocycles. The predicted octanol–water partition coefficient (Wildman–Crippen LogP) is 3.80. The number of thiophene rings is 1. The van der Waals surface area contributed by atoms with E-state index in [0.717, 1.165) is 10.6 Å². The Hall–Kier alpha value is -4.57. The van der Waals surface area contributed by atoms with Gasteiger partial charge in [0.1, 0.15) is 5.69 Å². The van der Waals surface area contributed by atoms with Crippen LogP contribution in [0.1, 0.15) is 34.2 Å². The second-order valence-electron chi connectivity index (χ2n) is 7.98. The Labute approximate surface area is 210 Å². The van der Waals surface area contributed by atoms with Crippen molar-refractivity contribution in [1.29, 1.82) is 0 Å². The third kappa shape index (κ3) is 4.41. The van der Waals surface area contributed by atoms with Crippen molar-refractivity contribution in [3.63, 3.8) is 0 Å². The van der Waals surface area contributed by atoms with Gasteiger partial charge in [-0.1, -0.05) is 49.4 Å². The van der Waals surface area contributed by atoms with E-state index in [2.05, 4.69) is 21.0 Å². The first-order valence-corrected chi connectivity index (χ1v) is 12.2. The van der Waals surface area contributed by atoms with Gasteiger partial charge in [-0.25, -0.2) is 9.36 Å². The first-order chi connectivity index (χ1) is 17.6. The summed E-state index contributed by atoms with van der Waals surface area (Å²) in [5.74, 6) is -1.15. The van der Waals surface area contributed by atoms with Gasteiger partial charge < -0.3 is 0 Å². The van der Waals surface area contributed by atoms with E-state index >= 15 is 0 Å². The molecule has 10 heteroatoms. The molecule has 0 atom stereocenters. The van der Waals surface area contributed by atoms with Crippen LogP contribution in [0.4, 0.5) is 0 Å². The zero-order chi connectivity index (χ0) is 25.1. The fraction of sp³-hybridized carbons (Fsp3) is 0.115. The van der Waals surface area contributed by atoms with E-state index in [1.807, 2.05) is 54.8 Å². The van der Waals surface area contributed by atoms with E-state index in [-0.39, 0.29) is 11.3 Å². The number of amides is 2. The number of fused-ring (bicyclic) bond motifs is 1. The Morgan fingerprint density at radius 2 is 1.61 bits per heavy atom. The summed E-state index contributed by atoms with van der Waals surface area (Å²) in [5, 5.41) is 11.6. The number of hydrogen-bond acceptors (Lipinski definition) is 6. The number of nitrogens with one attached hydrogen (secondary N) is 2. The normalized spacial score (nSPS) is 10.9. The van der Waals surface area contributed by atoms with Gasteiger partial charge in [-0.3, -0.25) is 25.2 Å². The summed E-state index contributed by atoms with van der Waals surface area (Å²) in [4.78, 5) is 39.8. The molecule has 5 rings (SSSR count). The van der Waals surface area contributed by atoms with Crippen LogP contribution in [0.3, 0.4) is 0 Å². The second-order valence-corrected chi connectivity index (χ2v) is 8.93. The van der Waals surface area contributed by atoms with Crippen LogP contribution in [0.15, 0.2) is 83.1 Å². The van der Waals surface area contributed by atoms with Gasteiger partial charge in [0.15, 0.2) is 5.69 Å². The van der Waals surface area contributed by atoms with Gasteiger partial charge in [-0.2, -0.15) is 10.2 Å². The summed E-state index contributed by atoms with van der Waals surface area (Å²) in [6, 6.07) is 20.0. The van der Waals surface area contributed by atoms with Crippen molar-refractivity contribution < 1.29 is 9.59 Å². The van der Waals surface area contributed by atoms with Crippen LogP contribution in [0.2, 0.25) is 0 Å². The first-order valence-electron chi connectivity index (χ1n) is 11.4. The minimum absolute atomic E-state index is 0.0532. The number of hydrazine groups is 1. The molecule has 0 aliphatic carbocycles. The Balaban J connectivity index is 1.44. The average molecular weight is 499 g/mol. The molecule has 0 bridgehead atoms. The summed E-state index contributed by atoms with van der Waals surface area (Å²) in [7, 11) is 0. The van der Waals surface area contributed by atoms with Crippen LogP contribution >= 0.6 is 11.3 Å². The van der Waals surface area contributed by atoms with E-state index in [0.29, 0.717) is 35.0 Å². The van der Waals surface area contributed by atoms with Crippen molar-refractivity contribution in [3.05, 3.63) is 99.9 Å². The third-order valence-corrected chi connectivity index (χ3v) is 6.42. The molecule has 9 nitrogen and oxygen atoms in total. The molecule has 0 aliphatic heterocycles. The zero-order valence-electron chi connectivity index (χ0n) is 19.3. The summed E-state index contributed by atoms with van der Waals surface area (Å²) in [5.41, 5.74) is 6.32. The van der Waals surface area contributed by atoms with Crippen molar-refractivity contribution in [2.75, 3.05) is 0 Å². The maximum Gasteiger partial charge on any atom is 0.290 e. The topological polar surface area (TPSA) is 111 Å². The highest BCUT2D eigenvalue weighted by atomic mass is 32.1. The van der Waals surface area contributed by atoms with Crippen molar-refractivity contribution in [1.82, 2.24) is 30.4 Å². The minimum atomic E-state index is -0.627. The Morgan fingerprint density at radius 3 is 2.33 bits per heavy atom. The number of benzene rings is 2. The first kappa shape index (κ1) is 23.2. The average Bonchev–Trinajstić information content (AvgIpc) is 3.60. The molecule has 0 unspecified atom stereocenters. The van der Waals surface area contributed by atoms with Gasteiger partial charge in [0, 0.05) is 18.1 Å². The maximum atomic E-state index is 13.2. The molecule has 5 aromatic rings. The zero-order valence-corrected chi connectivity index (χ0v) is 20.2. The Bertz CT molecular complexity index is 1610. The fourth-order valence-corrected chi connectivity index (χ4v) is 4.58. The molecular formula is C26H22N6O3S. The highest BCUT2D eigenvalue weighted by Crippen LogP contribution is 2.27. The molecule has 0 saturated carbocycles. The monoisotopic (exact) mass is 498 g/mol. The molecule has 36 heavy (non-hydrogen) atoms. The van der Waals surface area contributed by atoms with Crippen LogP contribution < -0.4 is 16.4 Å². The lowest BCUT2D eigenvalue weighted by molar-refractivity contribution is 0.0844. The number of aryl methyl sites for hydroxylation is 1. The largest absolute Gasteiger partial charge is 0.290 e. The molecule has 0 radical (unpaired) electrons. The highest BCUT2D eigenvalue weighted by Gasteiger charge is 2.21. The van der Waals surface area contributed by atoms with E-state index in [9.17, 15) is 14.4 Å². The number of rotatable bonds is 6. The number of carbonyl (C=O) groups is 2. The van der Waals surface area contributed by atoms with Crippen molar-refractivity contribution in [2.24, 2.45) is 0 Å². The number of hydrogen-bond donors (Lipinski definition) is 2. The molecule has 180 valence electrons. The Kier molecular flexibility index (Phi) is 6.42. The smallest absolute Gasteiger partial charge is 0.267 e. The highest BCUT2D eigenvalue weighted by molar-refractivity contribution is 7.13. The van der Waals surface area contributed by atoms with E-state index in [1.165, 1.54) is 16.0 Å². The molecular weight excluding hydrogens is 476 g/mol. The molecule has 2 amide bonds. The molecule has 3 aromatic heterocycles. The SMILES string of the molecule is CCCn1nc(C(=O)NNC(=O)c2cn(-c3ccccc3)nc2-c2cccs2)c2ccccc2c1=O. The predicted molar refractivity (Wildman–Crippen MR) is 138 cm³/mol. The minimum Gasteiger partial charge on any atom is -0.267 e. The lowest BCUT2D eigenvalue weighted by Crippen LogP contribution is -2.43. The molecule has 2 N–H and O–H groups in total. The quantitative estimate of drug-likeness (QED) is 0.346. The number of aromatic nitrogens is 4. The Morgan fingerprint density at radius 1 is 0.889 bits per heavy atom. The number of nitrogens with zero attached hydrogens (tertiary/aromatic N) is 4. The summed E-state index contributed by atoms with van der Waals surface area (Å²) >= 11 is 1.46. The summed E-state index contributed by atoms with van der Waals surface area (Å²) < 4.78 is 2.90. The molecule has 0 spiro atoms. The maximum absolute atomic E-state index is 13.2. The second kappa shape index (κ2) is 9.96. The lowest BCUT2D eigenvalue weighted by atomic mass is 10.1. The fourth-order valence-electron chi connectivity index (χ4n) is 3.85. The summed E-state index contributed by atoms with van der Waals surface area (Å²) in [6.45, 7) is 2.29. The van der Waals surface area contributed by atoms with Crippen molar-refractivity contribution in [3.8, 4) is 16.3 Å². The van der Waals surface area contributed by atoms with Crippen LogP contribution in [0.5, 0.6) is 0 Å². The van der Waals surface area contributed by atoms with Gasteiger partial charge >= 0.3 is 0 Å². The van der Waals surface area contributed by atoms with E-state index < -0.39 is 11.8 Å². The third-order valence-electron chi connectivity index (χ3n) is 5.54. The van der Waals surface area contributed by atoms with Gasteiger partial charge in [0.2, 0.25) is 0 Å². The molecule has 0 fully saturated rings. The van der Waals surface area contributed by atoms with E-state index in [4.69, 9.17) is 0 Å². The lowest BCUT2D eigenvalue weighted by Gasteiger charge is -2.11. The van der Waals surface area contributed by atoms with Gasteiger partial charge in [0.05, 0.1) is 21.5 Å². The van der Waals surface area contributed by atoms with Crippen molar-refractivity contribution >= 4 is 33.9 Å². The van der Waals surface area contributed by atoms with Gasteiger partial charge in [0.25, 0.3) is 17.4 Å². The molecule has 0 saturated heterocycles. The molecule has 3 heterocycles. The van der Waals surface area contributed by atoms with Gasteiger partial charge in [-0.15, -0.1) is 11.3 Å². The summed E-state index contributed by atoms with van der Waals surface area (Å²) in [6.07, 6.45) is 2.31. The van der Waals surface area contributed by atoms with E-state index in [1.54, 1.807) is 35.1 Å². The van der Waals surface area contributed by atoms with Gasteiger partial charge in [-0.05, 0) is 36.1 Å².